The normalized spacial score (nSPS) is 11.0. The van der Waals surface area contributed by atoms with Gasteiger partial charge in [-0.3, -0.25) is 4.79 Å². The van der Waals surface area contributed by atoms with Crippen LogP contribution in [0.3, 0.4) is 0 Å². The van der Waals surface area contributed by atoms with Crippen molar-refractivity contribution < 1.29 is 22.0 Å². The van der Waals surface area contributed by atoms with Gasteiger partial charge >= 0.3 is 0 Å². The summed E-state index contributed by atoms with van der Waals surface area (Å²) in [7, 11) is 0. The highest BCUT2D eigenvalue weighted by molar-refractivity contribution is 5.80. The molecule has 0 saturated carbocycles. The third-order valence-electron chi connectivity index (χ3n) is 3.00. The topological polar surface area (TPSA) is 30.2 Å². The molecule has 3 aromatic rings. The van der Waals surface area contributed by atoms with E-state index in [-0.39, 0.29) is 5.76 Å². The Morgan fingerprint density at radius 3 is 2.10 bits per heavy atom. The number of hydrogen-bond donors (Lipinski definition) is 0. The van der Waals surface area contributed by atoms with Gasteiger partial charge in [-0.15, -0.1) is 0 Å². The molecule has 0 unspecified atom stereocenters. The van der Waals surface area contributed by atoms with Crippen molar-refractivity contribution >= 4 is 11.0 Å². The molecule has 0 N–H and O–H groups in total. The molecule has 106 valence electrons. The molecule has 0 fully saturated rings. The molecule has 6 heteroatoms. The lowest BCUT2D eigenvalue weighted by atomic mass is 10.1. The third kappa shape index (κ3) is 1.99. The summed E-state index contributed by atoms with van der Waals surface area (Å²) < 4.78 is 58.7. The summed E-state index contributed by atoms with van der Waals surface area (Å²) in [5.41, 5.74) is -1.52. The molecule has 3 rings (SSSR count). The maximum absolute atomic E-state index is 13.7. The minimum Gasteiger partial charge on any atom is -0.452 e. The van der Waals surface area contributed by atoms with Crippen LogP contribution in [0.15, 0.2) is 45.6 Å². The summed E-state index contributed by atoms with van der Waals surface area (Å²) in [6.07, 6.45) is 0. The van der Waals surface area contributed by atoms with Crippen molar-refractivity contribution in [1.82, 2.24) is 0 Å². The fourth-order valence-electron chi connectivity index (χ4n) is 2.00. The van der Waals surface area contributed by atoms with Crippen molar-refractivity contribution in [2.24, 2.45) is 0 Å². The van der Waals surface area contributed by atoms with Crippen molar-refractivity contribution in [3.63, 3.8) is 0 Å². The first-order chi connectivity index (χ1) is 10.0. The molecule has 2 aromatic carbocycles. The van der Waals surface area contributed by atoms with Crippen LogP contribution in [0.4, 0.5) is 17.6 Å². The molecule has 0 aliphatic carbocycles. The van der Waals surface area contributed by atoms with E-state index in [1.54, 1.807) is 30.3 Å². The maximum Gasteiger partial charge on any atom is 0.205 e. The van der Waals surface area contributed by atoms with Crippen LogP contribution in [-0.2, 0) is 0 Å². The minimum atomic E-state index is -2.04. The Labute approximate surface area is 115 Å². The Hall–Kier alpha value is -2.63. The summed E-state index contributed by atoms with van der Waals surface area (Å²) >= 11 is 0. The number of rotatable bonds is 1. The predicted octanol–water partition coefficient (Wildman–Crippen LogP) is 4.02. The van der Waals surface area contributed by atoms with Gasteiger partial charge in [-0.05, 0) is 0 Å². The molecule has 0 radical (unpaired) electrons. The quantitative estimate of drug-likeness (QED) is 0.385. The average molecular weight is 294 g/mol. The fraction of sp³-hybridized carbons (Fsp3) is 0. The first kappa shape index (κ1) is 13.4. The molecule has 0 spiro atoms. The molecular formula is C15H6F4O2. The fourth-order valence-corrected chi connectivity index (χ4v) is 2.00. The molecule has 1 heterocycles. The molecule has 0 saturated heterocycles. The van der Waals surface area contributed by atoms with Gasteiger partial charge in [0.25, 0.3) is 0 Å². The Kier molecular flexibility index (Phi) is 3.01. The van der Waals surface area contributed by atoms with Crippen LogP contribution in [0.25, 0.3) is 22.3 Å². The van der Waals surface area contributed by atoms with Crippen molar-refractivity contribution in [2.75, 3.05) is 0 Å². The lowest BCUT2D eigenvalue weighted by molar-refractivity contribution is 0.408. The Morgan fingerprint density at radius 1 is 0.810 bits per heavy atom. The molecule has 1 aromatic heterocycles. The van der Waals surface area contributed by atoms with Gasteiger partial charge in [0.1, 0.15) is 11.1 Å². The number of hydrogen-bond acceptors (Lipinski definition) is 2. The van der Waals surface area contributed by atoms with Crippen LogP contribution in [0, 0.1) is 23.3 Å². The van der Waals surface area contributed by atoms with E-state index in [9.17, 15) is 22.4 Å². The first-order valence-electron chi connectivity index (χ1n) is 5.86. The van der Waals surface area contributed by atoms with Gasteiger partial charge in [0, 0.05) is 11.6 Å². The van der Waals surface area contributed by atoms with Crippen LogP contribution < -0.4 is 5.43 Å². The Balaban J connectivity index is 2.43. The third-order valence-corrected chi connectivity index (χ3v) is 3.00. The SMILES string of the molecule is O=c1cc(-c2ccccc2)oc2c(F)c(F)c(F)c(F)c12. The van der Waals surface area contributed by atoms with E-state index in [2.05, 4.69) is 0 Å². The lowest BCUT2D eigenvalue weighted by Crippen LogP contribution is -2.08. The zero-order valence-electron chi connectivity index (χ0n) is 10.3. The zero-order chi connectivity index (χ0) is 15.1. The van der Waals surface area contributed by atoms with E-state index in [4.69, 9.17) is 4.42 Å². The molecule has 0 bridgehead atoms. The minimum absolute atomic E-state index is 0.0718. The predicted molar refractivity (Wildman–Crippen MR) is 67.8 cm³/mol. The highest BCUT2D eigenvalue weighted by atomic mass is 19.2. The molecule has 0 aliphatic heterocycles. The van der Waals surface area contributed by atoms with Gasteiger partial charge in [-0.25, -0.2) is 13.2 Å². The monoisotopic (exact) mass is 294 g/mol. The van der Waals surface area contributed by atoms with Gasteiger partial charge in [0.15, 0.2) is 22.6 Å². The summed E-state index contributed by atoms with van der Waals surface area (Å²) in [4.78, 5) is 11.9. The van der Waals surface area contributed by atoms with E-state index in [0.29, 0.717) is 5.56 Å². The van der Waals surface area contributed by atoms with Crippen molar-refractivity contribution in [1.29, 1.82) is 0 Å². The van der Waals surface area contributed by atoms with Crippen LogP contribution in [0.2, 0.25) is 0 Å². The van der Waals surface area contributed by atoms with Crippen molar-refractivity contribution in [2.45, 2.75) is 0 Å². The summed E-state index contributed by atoms with van der Waals surface area (Å²) in [6, 6.07) is 9.02. The summed E-state index contributed by atoms with van der Waals surface area (Å²) in [6.45, 7) is 0. The van der Waals surface area contributed by atoms with E-state index >= 15 is 0 Å². The van der Waals surface area contributed by atoms with Gasteiger partial charge in [0.05, 0.1) is 0 Å². The number of benzene rings is 2. The van der Waals surface area contributed by atoms with Gasteiger partial charge in [0.2, 0.25) is 11.6 Å². The highest BCUT2D eigenvalue weighted by Crippen LogP contribution is 2.28. The molecule has 0 aliphatic rings. The summed E-state index contributed by atoms with van der Waals surface area (Å²) in [5, 5.41) is -0.953. The summed E-state index contributed by atoms with van der Waals surface area (Å²) in [5.74, 6) is -7.64. The van der Waals surface area contributed by atoms with Crippen molar-refractivity contribution in [3.8, 4) is 11.3 Å². The highest BCUT2D eigenvalue weighted by Gasteiger charge is 2.24. The van der Waals surface area contributed by atoms with Gasteiger partial charge < -0.3 is 4.42 Å². The first-order valence-corrected chi connectivity index (χ1v) is 5.86. The van der Waals surface area contributed by atoms with E-state index in [0.717, 1.165) is 6.07 Å². The number of fused-ring (bicyclic) bond motifs is 1. The smallest absolute Gasteiger partial charge is 0.205 e. The maximum atomic E-state index is 13.7. The lowest BCUT2D eigenvalue weighted by Gasteiger charge is -2.06. The van der Waals surface area contributed by atoms with Gasteiger partial charge in [-0.2, -0.15) is 4.39 Å². The second-order valence-electron chi connectivity index (χ2n) is 4.30. The second-order valence-corrected chi connectivity index (χ2v) is 4.30. The molecule has 0 atom stereocenters. The number of halogens is 4. The van der Waals surface area contributed by atoms with E-state index < -0.39 is 39.7 Å². The molecule has 0 amide bonds. The zero-order valence-corrected chi connectivity index (χ0v) is 10.3. The van der Waals surface area contributed by atoms with Crippen LogP contribution in [0.5, 0.6) is 0 Å². The Morgan fingerprint density at radius 2 is 1.43 bits per heavy atom. The molecule has 21 heavy (non-hydrogen) atoms. The van der Waals surface area contributed by atoms with Crippen LogP contribution in [0.1, 0.15) is 0 Å². The van der Waals surface area contributed by atoms with Crippen molar-refractivity contribution in [3.05, 3.63) is 69.9 Å². The Bertz CT molecular complexity index is 901. The standard InChI is InChI=1S/C15H6F4O2/c16-11-10-8(20)6-9(7-4-2-1-3-5-7)21-15(10)14(19)13(18)12(11)17/h1-6H. The van der Waals surface area contributed by atoms with Crippen LogP contribution in [-0.4, -0.2) is 0 Å². The molecule has 2 nitrogen and oxygen atoms in total. The largest absolute Gasteiger partial charge is 0.452 e. The average Bonchev–Trinajstić information content (AvgIpc) is 2.51. The van der Waals surface area contributed by atoms with E-state index in [1.807, 2.05) is 0 Å². The van der Waals surface area contributed by atoms with E-state index in [1.165, 1.54) is 0 Å². The second kappa shape index (κ2) is 4.73. The van der Waals surface area contributed by atoms with Crippen LogP contribution >= 0.6 is 0 Å². The molecular weight excluding hydrogens is 288 g/mol. The van der Waals surface area contributed by atoms with Gasteiger partial charge in [-0.1, -0.05) is 30.3 Å².